The van der Waals surface area contributed by atoms with Gasteiger partial charge in [-0.25, -0.2) is 4.98 Å². The first-order chi connectivity index (χ1) is 9.35. The predicted molar refractivity (Wildman–Crippen MR) is 80.1 cm³/mol. The first kappa shape index (κ1) is 12.9. The van der Waals surface area contributed by atoms with Gasteiger partial charge in [0.1, 0.15) is 5.75 Å². The van der Waals surface area contributed by atoms with Crippen molar-refractivity contribution in [3.63, 3.8) is 0 Å². The number of benzene rings is 1. The molecule has 0 aliphatic carbocycles. The Labute approximate surface area is 118 Å². The van der Waals surface area contributed by atoms with Gasteiger partial charge in [0.05, 0.1) is 22.3 Å². The van der Waals surface area contributed by atoms with Gasteiger partial charge in [0.25, 0.3) is 0 Å². The largest absolute Gasteiger partial charge is 0.497 e. The van der Waals surface area contributed by atoms with E-state index in [4.69, 9.17) is 9.72 Å². The van der Waals surface area contributed by atoms with Crippen LogP contribution in [0.15, 0.2) is 18.2 Å². The number of methoxy groups -OCH3 is 1. The lowest BCUT2D eigenvalue weighted by Gasteiger charge is -2.21. The smallest absolute Gasteiger partial charge is 0.120 e. The molecular formula is C15H20N2OS. The van der Waals surface area contributed by atoms with Crippen LogP contribution in [-0.4, -0.2) is 25.2 Å². The quantitative estimate of drug-likeness (QED) is 0.931. The SMILES string of the molecule is COc1ccc2nc(CCC3CCNCC3)sc2c1. The van der Waals surface area contributed by atoms with Crippen LogP contribution in [0.4, 0.5) is 0 Å². The van der Waals surface area contributed by atoms with E-state index in [0.29, 0.717) is 0 Å². The third kappa shape index (κ3) is 3.07. The number of hydrogen-bond donors (Lipinski definition) is 1. The molecule has 0 bridgehead atoms. The van der Waals surface area contributed by atoms with Crippen molar-refractivity contribution in [3.8, 4) is 5.75 Å². The Balaban J connectivity index is 1.67. The van der Waals surface area contributed by atoms with Crippen molar-refractivity contribution in [1.29, 1.82) is 0 Å². The van der Waals surface area contributed by atoms with E-state index in [1.54, 1.807) is 7.11 Å². The molecule has 2 heterocycles. The van der Waals surface area contributed by atoms with Gasteiger partial charge in [-0.15, -0.1) is 11.3 Å². The van der Waals surface area contributed by atoms with Gasteiger partial charge >= 0.3 is 0 Å². The minimum atomic E-state index is 0.878. The van der Waals surface area contributed by atoms with Crippen LogP contribution in [0, 0.1) is 5.92 Å². The van der Waals surface area contributed by atoms with Crippen molar-refractivity contribution in [2.75, 3.05) is 20.2 Å². The van der Waals surface area contributed by atoms with Crippen LogP contribution in [0.5, 0.6) is 5.75 Å². The molecule has 0 radical (unpaired) electrons. The van der Waals surface area contributed by atoms with E-state index in [0.717, 1.165) is 23.6 Å². The molecule has 0 atom stereocenters. The first-order valence-corrected chi connectivity index (χ1v) is 7.81. The lowest BCUT2D eigenvalue weighted by molar-refractivity contribution is 0.354. The maximum Gasteiger partial charge on any atom is 0.120 e. The fraction of sp³-hybridized carbons (Fsp3) is 0.533. The minimum Gasteiger partial charge on any atom is -0.497 e. The maximum atomic E-state index is 5.26. The Bertz CT molecular complexity index is 546. The van der Waals surface area contributed by atoms with E-state index < -0.39 is 0 Å². The Kier molecular flexibility index (Phi) is 3.99. The van der Waals surface area contributed by atoms with Gasteiger partial charge in [-0.2, -0.15) is 0 Å². The number of fused-ring (bicyclic) bond motifs is 1. The van der Waals surface area contributed by atoms with Crippen LogP contribution in [0.25, 0.3) is 10.2 Å². The molecule has 0 spiro atoms. The fourth-order valence-corrected chi connectivity index (χ4v) is 3.70. The second-order valence-corrected chi connectivity index (χ2v) is 6.29. The summed E-state index contributed by atoms with van der Waals surface area (Å²) in [5.41, 5.74) is 1.10. The van der Waals surface area contributed by atoms with Gasteiger partial charge in [0, 0.05) is 0 Å². The Morgan fingerprint density at radius 1 is 1.37 bits per heavy atom. The number of rotatable bonds is 4. The van der Waals surface area contributed by atoms with Crippen LogP contribution in [0.3, 0.4) is 0 Å². The monoisotopic (exact) mass is 276 g/mol. The molecule has 3 rings (SSSR count). The van der Waals surface area contributed by atoms with E-state index in [2.05, 4.69) is 17.4 Å². The molecule has 0 unspecified atom stereocenters. The number of nitrogens with zero attached hydrogens (tertiary/aromatic N) is 1. The molecule has 1 aromatic heterocycles. The average Bonchev–Trinajstić information content (AvgIpc) is 2.88. The highest BCUT2D eigenvalue weighted by molar-refractivity contribution is 7.18. The molecule has 19 heavy (non-hydrogen) atoms. The number of nitrogens with one attached hydrogen (secondary N) is 1. The Morgan fingerprint density at radius 2 is 2.21 bits per heavy atom. The van der Waals surface area contributed by atoms with E-state index in [1.807, 2.05) is 17.4 Å². The van der Waals surface area contributed by atoms with Crippen molar-refractivity contribution in [3.05, 3.63) is 23.2 Å². The van der Waals surface area contributed by atoms with Crippen molar-refractivity contribution in [2.45, 2.75) is 25.7 Å². The molecular weight excluding hydrogens is 256 g/mol. The number of aromatic nitrogens is 1. The Morgan fingerprint density at radius 3 is 3.00 bits per heavy atom. The summed E-state index contributed by atoms with van der Waals surface area (Å²) in [5.74, 6) is 1.80. The molecule has 3 nitrogen and oxygen atoms in total. The van der Waals surface area contributed by atoms with Crippen LogP contribution < -0.4 is 10.1 Å². The molecule has 0 amide bonds. The molecule has 1 aromatic carbocycles. The van der Waals surface area contributed by atoms with E-state index in [-0.39, 0.29) is 0 Å². The van der Waals surface area contributed by atoms with Crippen molar-refractivity contribution in [1.82, 2.24) is 10.3 Å². The predicted octanol–water partition coefficient (Wildman–Crippen LogP) is 3.24. The molecule has 0 saturated carbocycles. The lowest BCUT2D eigenvalue weighted by atomic mass is 9.93. The van der Waals surface area contributed by atoms with Crippen LogP contribution in [0.1, 0.15) is 24.3 Å². The summed E-state index contributed by atoms with van der Waals surface area (Å²) in [6.07, 6.45) is 5.03. The van der Waals surface area contributed by atoms with Crippen molar-refractivity contribution in [2.24, 2.45) is 5.92 Å². The third-order valence-corrected chi connectivity index (χ3v) is 4.94. The number of ether oxygens (including phenoxy) is 1. The molecule has 1 aliphatic heterocycles. The van der Waals surface area contributed by atoms with E-state index in [1.165, 1.54) is 42.1 Å². The highest BCUT2D eigenvalue weighted by Crippen LogP contribution is 2.28. The van der Waals surface area contributed by atoms with E-state index in [9.17, 15) is 0 Å². The summed E-state index contributed by atoms with van der Waals surface area (Å²) in [5, 5.41) is 4.69. The molecule has 1 saturated heterocycles. The van der Waals surface area contributed by atoms with Crippen LogP contribution in [-0.2, 0) is 6.42 Å². The van der Waals surface area contributed by atoms with Crippen molar-refractivity contribution >= 4 is 21.6 Å². The zero-order valence-electron chi connectivity index (χ0n) is 11.3. The topological polar surface area (TPSA) is 34.1 Å². The second kappa shape index (κ2) is 5.88. The van der Waals surface area contributed by atoms with Crippen LogP contribution >= 0.6 is 11.3 Å². The van der Waals surface area contributed by atoms with Crippen LogP contribution in [0.2, 0.25) is 0 Å². The summed E-state index contributed by atoms with van der Waals surface area (Å²) in [4.78, 5) is 4.72. The maximum absolute atomic E-state index is 5.26. The van der Waals surface area contributed by atoms with Crippen molar-refractivity contribution < 1.29 is 4.74 Å². The third-order valence-electron chi connectivity index (χ3n) is 3.87. The standard InChI is InChI=1S/C15H20N2OS/c1-18-12-3-4-13-14(10-12)19-15(17-13)5-2-11-6-8-16-9-7-11/h3-4,10-11,16H,2,5-9H2,1H3. The van der Waals surface area contributed by atoms with Gasteiger partial charge in [0.2, 0.25) is 0 Å². The van der Waals surface area contributed by atoms with Gasteiger partial charge in [-0.1, -0.05) is 0 Å². The van der Waals surface area contributed by atoms with Gasteiger partial charge < -0.3 is 10.1 Å². The normalized spacial score (nSPS) is 16.9. The molecule has 1 N–H and O–H groups in total. The summed E-state index contributed by atoms with van der Waals surface area (Å²) in [6.45, 7) is 2.36. The summed E-state index contributed by atoms with van der Waals surface area (Å²) < 4.78 is 6.49. The summed E-state index contributed by atoms with van der Waals surface area (Å²) in [6, 6.07) is 6.12. The second-order valence-electron chi connectivity index (χ2n) is 5.17. The number of piperidine rings is 1. The highest BCUT2D eigenvalue weighted by atomic mass is 32.1. The highest BCUT2D eigenvalue weighted by Gasteiger charge is 2.14. The Hall–Kier alpha value is -1.13. The molecule has 4 heteroatoms. The fourth-order valence-electron chi connectivity index (χ4n) is 2.68. The zero-order valence-corrected chi connectivity index (χ0v) is 12.1. The molecule has 102 valence electrons. The number of aryl methyl sites for hydroxylation is 1. The summed E-state index contributed by atoms with van der Waals surface area (Å²) >= 11 is 1.81. The average molecular weight is 276 g/mol. The first-order valence-electron chi connectivity index (χ1n) is 6.99. The number of hydrogen-bond acceptors (Lipinski definition) is 4. The van der Waals surface area contributed by atoms with E-state index >= 15 is 0 Å². The summed E-state index contributed by atoms with van der Waals surface area (Å²) in [7, 11) is 1.71. The van der Waals surface area contributed by atoms with Gasteiger partial charge in [0.15, 0.2) is 0 Å². The lowest BCUT2D eigenvalue weighted by Crippen LogP contribution is -2.27. The minimum absolute atomic E-state index is 0.878. The zero-order chi connectivity index (χ0) is 13.1. The van der Waals surface area contributed by atoms with Gasteiger partial charge in [-0.05, 0) is 62.9 Å². The molecule has 1 aliphatic rings. The molecule has 1 fully saturated rings. The number of thiazole rings is 1. The van der Waals surface area contributed by atoms with Gasteiger partial charge in [-0.3, -0.25) is 0 Å². The molecule has 2 aromatic rings.